The lowest BCUT2D eigenvalue weighted by molar-refractivity contribution is 0.167. The Morgan fingerprint density at radius 3 is 2.67 bits per heavy atom. The van der Waals surface area contributed by atoms with E-state index in [0.29, 0.717) is 31.4 Å². The number of hydrogen-bond acceptors (Lipinski definition) is 5. The highest BCUT2D eigenvalue weighted by Gasteiger charge is 2.35. The number of sulfonamides is 1. The molecule has 0 radical (unpaired) electrons. The third kappa shape index (κ3) is 3.42. The van der Waals surface area contributed by atoms with Gasteiger partial charge in [-0.1, -0.05) is 6.07 Å². The lowest BCUT2D eigenvalue weighted by Gasteiger charge is -2.22. The van der Waals surface area contributed by atoms with E-state index in [0.717, 1.165) is 12.8 Å². The third-order valence-electron chi connectivity index (χ3n) is 3.57. The smallest absolute Gasteiger partial charge is 0.244 e. The summed E-state index contributed by atoms with van der Waals surface area (Å²) in [7, 11) is -3.65. The Hall–Kier alpha value is -1.02. The number of fused-ring (bicyclic) bond motifs is 1. The molecule has 0 saturated heterocycles. The molecule has 8 heteroatoms. The highest BCUT2D eigenvalue weighted by molar-refractivity contribution is 7.89. The zero-order valence-corrected chi connectivity index (χ0v) is 13.1. The zero-order valence-electron chi connectivity index (χ0n) is 11.4. The molecule has 6 nitrogen and oxygen atoms in total. The van der Waals surface area contributed by atoms with Crippen LogP contribution in [0.2, 0.25) is 0 Å². The van der Waals surface area contributed by atoms with Crippen LogP contribution in [-0.4, -0.2) is 34.2 Å². The Kier molecular flexibility index (Phi) is 4.98. The van der Waals surface area contributed by atoms with Gasteiger partial charge < -0.3 is 15.2 Å². The summed E-state index contributed by atoms with van der Waals surface area (Å²) in [5.74, 6) is 1.11. The molecule has 21 heavy (non-hydrogen) atoms. The van der Waals surface area contributed by atoms with Gasteiger partial charge in [0.2, 0.25) is 10.0 Å². The average molecular weight is 335 g/mol. The van der Waals surface area contributed by atoms with Gasteiger partial charge >= 0.3 is 0 Å². The SMILES string of the molecule is Cl.NCC(NS(=O)(=O)c1cccc2c1OCCO2)C1CC1. The van der Waals surface area contributed by atoms with Crippen LogP contribution in [0.1, 0.15) is 12.8 Å². The first-order valence-electron chi connectivity index (χ1n) is 6.73. The van der Waals surface area contributed by atoms with Gasteiger partial charge in [0.15, 0.2) is 11.5 Å². The van der Waals surface area contributed by atoms with Crippen LogP contribution in [0, 0.1) is 5.92 Å². The Bertz CT molecular complexity index is 604. The molecule has 1 saturated carbocycles. The van der Waals surface area contributed by atoms with Crippen LogP contribution in [0.5, 0.6) is 11.5 Å². The second-order valence-corrected chi connectivity index (χ2v) is 6.76. The first-order valence-corrected chi connectivity index (χ1v) is 8.21. The summed E-state index contributed by atoms with van der Waals surface area (Å²) in [6, 6.07) is 4.67. The second kappa shape index (κ2) is 6.39. The number of para-hydroxylation sites is 1. The summed E-state index contributed by atoms with van der Waals surface area (Å²) in [5, 5.41) is 0. The fourth-order valence-electron chi connectivity index (χ4n) is 2.36. The first-order chi connectivity index (χ1) is 9.62. The predicted octanol–water partition coefficient (Wildman–Crippen LogP) is 0.895. The van der Waals surface area contributed by atoms with Crippen molar-refractivity contribution in [1.82, 2.24) is 4.72 Å². The molecule has 1 aliphatic heterocycles. The molecular weight excluding hydrogens is 316 g/mol. The molecule has 1 heterocycles. The van der Waals surface area contributed by atoms with Gasteiger partial charge in [0.1, 0.15) is 18.1 Å². The van der Waals surface area contributed by atoms with Crippen molar-refractivity contribution in [3.05, 3.63) is 18.2 Å². The van der Waals surface area contributed by atoms with Gasteiger partial charge in [-0.25, -0.2) is 13.1 Å². The minimum Gasteiger partial charge on any atom is -0.486 e. The van der Waals surface area contributed by atoms with Crippen molar-refractivity contribution in [2.75, 3.05) is 19.8 Å². The Labute approximate surface area is 130 Å². The number of ether oxygens (including phenoxy) is 2. The molecule has 0 aromatic heterocycles. The normalized spacial score (nSPS) is 18.7. The fourth-order valence-corrected chi connectivity index (χ4v) is 3.83. The lowest BCUT2D eigenvalue weighted by Crippen LogP contribution is -2.41. The highest BCUT2D eigenvalue weighted by atomic mass is 35.5. The number of nitrogens with one attached hydrogen (secondary N) is 1. The van der Waals surface area contributed by atoms with Gasteiger partial charge in [0.25, 0.3) is 0 Å². The van der Waals surface area contributed by atoms with E-state index in [9.17, 15) is 8.42 Å². The molecule has 0 bridgehead atoms. The van der Waals surface area contributed by atoms with E-state index in [1.54, 1.807) is 12.1 Å². The van der Waals surface area contributed by atoms with Gasteiger partial charge in [0, 0.05) is 12.6 Å². The predicted molar refractivity (Wildman–Crippen MR) is 80.6 cm³/mol. The van der Waals surface area contributed by atoms with Crippen LogP contribution < -0.4 is 19.9 Å². The van der Waals surface area contributed by atoms with Gasteiger partial charge in [-0.15, -0.1) is 12.4 Å². The van der Waals surface area contributed by atoms with Crippen molar-refractivity contribution in [3.8, 4) is 11.5 Å². The van der Waals surface area contributed by atoms with E-state index in [1.807, 2.05) is 0 Å². The van der Waals surface area contributed by atoms with Crippen molar-refractivity contribution in [1.29, 1.82) is 0 Å². The largest absolute Gasteiger partial charge is 0.486 e. The summed E-state index contributed by atoms with van der Waals surface area (Å²) in [5.41, 5.74) is 5.65. The van der Waals surface area contributed by atoms with Crippen molar-refractivity contribution in [3.63, 3.8) is 0 Å². The molecular formula is C13H19ClN2O4S. The Balaban J connectivity index is 0.00000161. The molecule has 3 N–H and O–H groups in total. The van der Waals surface area contributed by atoms with Crippen LogP contribution in [0.25, 0.3) is 0 Å². The van der Waals surface area contributed by atoms with Crippen molar-refractivity contribution >= 4 is 22.4 Å². The minimum atomic E-state index is -3.65. The monoisotopic (exact) mass is 334 g/mol. The van der Waals surface area contributed by atoms with Gasteiger partial charge in [-0.2, -0.15) is 0 Å². The summed E-state index contributed by atoms with van der Waals surface area (Å²) >= 11 is 0. The fraction of sp³-hybridized carbons (Fsp3) is 0.538. The number of halogens is 1. The molecule has 2 aliphatic rings. The molecule has 1 aliphatic carbocycles. The van der Waals surface area contributed by atoms with Gasteiger partial charge in [-0.05, 0) is 30.9 Å². The van der Waals surface area contributed by atoms with Gasteiger partial charge in [-0.3, -0.25) is 0 Å². The molecule has 0 amide bonds. The molecule has 1 unspecified atom stereocenters. The molecule has 1 aromatic carbocycles. The number of nitrogens with two attached hydrogens (primary N) is 1. The minimum absolute atomic E-state index is 0. The number of benzene rings is 1. The summed E-state index contributed by atoms with van der Waals surface area (Å²) in [4.78, 5) is 0.119. The van der Waals surface area contributed by atoms with E-state index in [2.05, 4.69) is 4.72 Å². The van der Waals surface area contributed by atoms with E-state index in [1.165, 1.54) is 6.07 Å². The van der Waals surface area contributed by atoms with Crippen LogP contribution in [-0.2, 0) is 10.0 Å². The van der Waals surface area contributed by atoms with E-state index >= 15 is 0 Å². The lowest BCUT2D eigenvalue weighted by atomic mass is 10.2. The van der Waals surface area contributed by atoms with Crippen LogP contribution in [0.3, 0.4) is 0 Å². The quantitative estimate of drug-likeness (QED) is 0.834. The maximum atomic E-state index is 12.5. The van der Waals surface area contributed by atoms with E-state index < -0.39 is 10.0 Å². The third-order valence-corrected chi connectivity index (χ3v) is 5.08. The average Bonchev–Trinajstić information content (AvgIpc) is 3.29. The van der Waals surface area contributed by atoms with Crippen LogP contribution >= 0.6 is 12.4 Å². The zero-order chi connectivity index (χ0) is 14.2. The molecule has 1 fully saturated rings. The van der Waals surface area contributed by atoms with Crippen molar-refractivity contribution < 1.29 is 17.9 Å². The molecule has 118 valence electrons. The number of rotatable bonds is 5. The standard InChI is InChI=1S/C13H18N2O4S.ClH/c14-8-10(9-4-5-9)15-20(16,17)12-3-1-2-11-13(12)19-7-6-18-11;/h1-3,9-10,15H,4-8,14H2;1H. The van der Waals surface area contributed by atoms with Crippen LogP contribution in [0.15, 0.2) is 23.1 Å². The topological polar surface area (TPSA) is 90.7 Å². The maximum absolute atomic E-state index is 12.5. The summed E-state index contributed by atoms with van der Waals surface area (Å²) < 4.78 is 38.6. The molecule has 1 aromatic rings. The highest BCUT2D eigenvalue weighted by Crippen LogP contribution is 2.37. The molecule has 1 atom stereocenters. The van der Waals surface area contributed by atoms with E-state index in [4.69, 9.17) is 15.2 Å². The Morgan fingerprint density at radius 2 is 2.00 bits per heavy atom. The first kappa shape index (κ1) is 16.4. The Morgan fingerprint density at radius 1 is 1.29 bits per heavy atom. The molecule has 0 spiro atoms. The molecule has 3 rings (SSSR count). The summed E-state index contributed by atoms with van der Waals surface area (Å²) in [6.45, 7) is 1.08. The van der Waals surface area contributed by atoms with Gasteiger partial charge in [0.05, 0.1) is 0 Å². The summed E-state index contributed by atoms with van der Waals surface area (Å²) in [6.07, 6.45) is 2.05. The van der Waals surface area contributed by atoms with Crippen molar-refractivity contribution in [2.45, 2.75) is 23.8 Å². The van der Waals surface area contributed by atoms with Crippen molar-refractivity contribution in [2.24, 2.45) is 11.7 Å². The van der Waals surface area contributed by atoms with E-state index in [-0.39, 0.29) is 29.1 Å². The second-order valence-electron chi connectivity index (χ2n) is 5.08. The maximum Gasteiger partial charge on any atom is 0.244 e. The number of hydrogen-bond donors (Lipinski definition) is 2. The van der Waals surface area contributed by atoms with Crippen LogP contribution in [0.4, 0.5) is 0 Å².